The molecule has 0 aliphatic heterocycles. The monoisotopic (exact) mass is 432 g/mol. The number of fused-ring (bicyclic) bond motifs is 1. The van der Waals surface area contributed by atoms with Crippen LogP contribution >= 0.6 is 0 Å². The summed E-state index contributed by atoms with van der Waals surface area (Å²) in [6.07, 6.45) is 11.1. The lowest BCUT2D eigenvalue weighted by Crippen LogP contribution is -2.38. The number of aliphatic hydroxyl groups excluding tert-OH is 3. The van der Waals surface area contributed by atoms with E-state index in [9.17, 15) is 20.4 Å². The summed E-state index contributed by atoms with van der Waals surface area (Å²) in [4.78, 5) is 0. The fourth-order valence-corrected chi connectivity index (χ4v) is 6.65. The molecule has 0 saturated heterocycles. The van der Waals surface area contributed by atoms with E-state index in [-0.39, 0.29) is 5.41 Å². The molecule has 4 heteroatoms. The largest absolute Gasteiger partial charge is 0.393 e. The Morgan fingerprint density at radius 3 is 2.58 bits per heavy atom. The van der Waals surface area contributed by atoms with E-state index in [0.717, 1.165) is 24.0 Å². The summed E-state index contributed by atoms with van der Waals surface area (Å²) in [7, 11) is 0. The van der Waals surface area contributed by atoms with Crippen LogP contribution in [0.15, 0.2) is 35.5 Å². The van der Waals surface area contributed by atoms with Crippen molar-refractivity contribution in [1.29, 1.82) is 0 Å². The summed E-state index contributed by atoms with van der Waals surface area (Å²) in [6, 6.07) is 0. The van der Waals surface area contributed by atoms with Gasteiger partial charge >= 0.3 is 0 Å². The van der Waals surface area contributed by atoms with E-state index < -0.39 is 23.9 Å². The molecule has 3 rings (SSSR count). The van der Waals surface area contributed by atoms with Crippen LogP contribution in [-0.2, 0) is 0 Å². The smallest absolute Gasteiger partial charge is 0.0849 e. The molecule has 0 bridgehead atoms. The van der Waals surface area contributed by atoms with Gasteiger partial charge in [0.2, 0.25) is 0 Å². The molecular formula is C27H44O4. The van der Waals surface area contributed by atoms with Gasteiger partial charge < -0.3 is 20.4 Å². The molecule has 3 aliphatic carbocycles. The molecule has 176 valence electrons. The summed E-state index contributed by atoms with van der Waals surface area (Å²) in [5, 5.41) is 40.5. The third kappa shape index (κ3) is 5.35. The summed E-state index contributed by atoms with van der Waals surface area (Å²) in [6.45, 7) is 12.2. The van der Waals surface area contributed by atoms with Gasteiger partial charge in [-0.1, -0.05) is 38.2 Å². The van der Waals surface area contributed by atoms with Gasteiger partial charge in [-0.05, 0) is 99.5 Å². The predicted molar refractivity (Wildman–Crippen MR) is 125 cm³/mol. The van der Waals surface area contributed by atoms with E-state index in [1.807, 2.05) is 0 Å². The average Bonchev–Trinajstić information content (AvgIpc) is 3.04. The minimum atomic E-state index is -1.04. The molecule has 0 aromatic carbocycles. The third-order valence-electron chi connectivity index (χ3n) is 8.70. The Bertz CT molecular complexity index is 715. The van der Waals surface area contributed by atoms with Crippen molar-refractivity contribution in [3.05, 3.63) is 35.5 Å². The highest BCUT2D eigenvalue weighted by atomic mass is 16.3. The van der Waals surface area contributed by atoms with Crippen molar-refractivity contribution in [2.45, 2.75) is 109 Å². The maximum absolute atomic E-state index is 10.3. The first kappa shape index (κ1) is 24.7. The first-order chi connectivity index (χ1) is 14.4. The van der Waals surface area contributed by atoms with Gasteiger partial charge in [0.05, 0.1) is 23.9 Å². The van der Waals surface area contributed by atoms with E-state index in [1.54, 1.807) is 13.8 Å². The SMILES string of the molecule is C=C1/C(=C/C=C2/CCC[C@]3(C)[C@@H]([C@H](C)CCC(O)C(C)(C)O)CC[C@@H]23)C[C@@H](O)C[C@@H]1O. The molecule has 7 atom stereocenters. The fourth-order valence-electron chi connectivity index (χ4n) is 6.65. The van der Waals surface area contributed by atoms with Crippen LogP contribution in [0.2, 0.25) is 0 Å². The molecule has 0 radical (unpaired) electrons. The van der Waals surface area contributed by atoms with Gasteiger partial charge in [0.15, 0.2) is 0 Å². The van der Waals surface area contributed by atoms with Crippen molar-refractivity contribution in [2.24, 2.45) is 23.2 Å². The maximum Gasteiger partial charge on any atom is 0.0849 e. The van der Waals surface area contributed by atoms with Gasteiger partial charge in [-0.3, -0.25) is 0 Å². The Morgan fingerprint density at radius 1 is 1.19 bits per heavy atom. The lowest BCUT2D eigenvalue weighted by atomic mass is 9.60. The van der Waals surface area contributed by atoms with Gasteiger partial charge in [0, 0.05) is 6.42 Å². The number of hydrogen-bond donors (Lipinski definition) is 4. The van der Waals surface area contributed by atoms with Crippen LogP contribution in [0.1, 0.15) is 85.5 Å². The second kappa shape index (κ2) is 9.51. The van der Waals surface area contributed by atoms with Crippen molar-refractivity contribution < 1.29 is 20.4 Å². The van der Waals surface area contributed by atoms with Crippen molar-refractivity contribution >= 4 is 0 Å². The quantitative estimate of drug-likeness (QED) is 0.491. The lowest BCUT2D eigenvalue weighted by molar-refractivity contribution is -0.0554. The second-order valence-corrected chi connectivity index (χ2v) is 11.4. The van der Waals surface area contributed by atoms with E-state index >= 15 is 0 Å². The van der Waals surface area contributed by atoms with E-state index in [2.05, 4.69) is 32.6 Å². The molecule has 4 N–H and O–H groups in total. The maximum atomic E-state index is 10.3. The molecule has 0 aromatic rings. The van der Waals surface area contributed by atoms with Crippen LogP contribution in [0.25, 0.3) is 0 Å². The molecule has 31 heavy (non-hydrogen) atoms. The molecule has 0 spiro atoms. The Morgan fingerprint density at radius 2 is 1.90 bits per heavy atom. The standard InChI is InChI=1S/C27H44O4/c1-17(8-13-25(30)26(3,4)31)22-11-12-23-19(7-6-14-27(22,23)5)9-10-20-15-21(28)16-24(29)18(20)2/h9-10,17,21-25,28-31H,2,6-8,11-16H2,1,3-5H3/b19-9-,20-10+/t17-,21-,22-,23+,24+,25?,27-/m1/s1. The van der Waals surface area contributed by atoms with Crippen molar-refractivity contribution in [3.63, 3.8) is 0 Å². The van der Waals surface area contributed by atoms with Crippen LogP contribution in [-0.4, -0.2) is 44.3 Å². The summed E-state index contributed by atoms with van der Waals surface area (Å²) >= 11 is 0. The molecule has 1 unspecified atom stereocenters. The molecule has 3 aliphatic rings. The Labute approximate surface area is 188 Å². The van der Waals surface area contributed by atoms with Gasteiger partial charge in [-0.15, -0.1) is 0 Å². The number of aliphatic hydroxyl groups is 4. The van der Waals surface area contributed by atoms with Gasteiger partial charge in [-0.25, -0.2) is 0 Å². The lowest BCUT2D eigenvalue weighted by Gasteiger charge is -2.44. The zero-order valence-electron chi connectivity index (χ0n) is 20.0. The molecule has 0 heterocycles. The Hall–Kier alpha value is -0.940. The summed E-state index contributed by atoms with van der Waals surface area (Å²) < 4.78 is 0. The minimum absolute atomic E-state index is 0.282. The normalized spacial score (nSPS) is 39.0. The van der Waals surface area contributed by atoms with E-state index in [4.69, 9.17) is 0 Å². The molecule has 4 nitrogen and oxygen atoms in total. The van der Waals surface area contributed by atoms with Crippen LogP contribution < -0.4 is 0 Å². The molecule has 0 aromatic heterocycles. The van der Waals surface area contributed by atoms with Crippen LogP contribution in [0, 0.1) is 23.2 Å². The average molecular weight is 433 g/mol. The van der Waals surface area contributed by atoms with Crippen molar-refractivity contribution in [1.82, 2.24) is 0 Å². The first-order valence-corrected chi connectivity index (χ1v) is 12.3. The van der Waals surface area contributed by atoms with Crippen molar-refractivity contribution in [2.75, 3.05) is 0 Å². The zero-order chi connectivity index (χ0) is 23.0. The van der Waals surface area contributed by atoms with Crippen LogP contribution in [0.3, 0.4) is 0 Å². The topological polar surface area (TPSA) is 80.9 Å². The van der Waals surface area contributed by atoms with E-state index in [0.29, 0.717) is 37.0 Å². The van der Waals surface area contributed by atoms with Gasteiger partial charge in [0.1, 0.15) is 0 Å². The minimum Gasteiger partial charge on any atom is -0.393 e. The highest BCUT2D eigenvalue weighted by molar-refractivity contribution is 5.38. The molecular weight excluding hydrogens is 388 g/mol. The highest BCUT2D eigenvalue weighted by Crippen LogP contribution is 2.60. The Balaban J connectivity index is 1.71. The number of rotatable bonds is 6. The fraction of sp³-hybridized carbons (Fsp3) is 0.778. The number of allylic oxidation sites excluding steroid dienone is 3. The van der Waals surface area contributed by atoms with Crippen LogP contribution in [0.5, 0.6) is 0 Å². The van der Waals surface area contributed by atoms with Gasteiger partial charge in [0.25, 0.3) is 0 Å². The molecule has 3 fully saturated rings. The molecule has 0 amide bonds. The highest BCUT2D eigenvalue weighted by Gasteiger charge is 2.50. The zero-order valence-corrected chi connectivity index (χ0v) is 20.0. The van der Waals surface area contributed by atoms with Gasteiger partial charge in [-0.2, -0.15) is 0 Å². The molecule has 3 saturated carbocycles. The summed E-state index contributed by atoms with van der Waals surface area (Å²) in [5.74, 6) is 1.74. The van der Waals surface area contributed by atoms with Crippen LogP contribution in [0.4, 0.5) is 0 Å². The Kier molecular flexibility index (Phi) is 7.57. The second-order valence-electron chi connectivity index (χ2n) is 11.4. The number of hydrogen-bond acceptors (Lipinski definition) is 4. The summed E-state index contributed by atoms with van der Waals surface area (Å²) in [5.41, 5.74) is 2.48. The van der Waals surface area contributed by atoms with Crippen molar-refractivity contribution in [3.8, 4) is 0 Å². The predicted octanol–water partition coefficient (Wildman–Crippen LogP) is 4.68. The third-order valence-corrected chi connectivity index (χ3v) is 8.70. The van der Waals surface area contributed by atoms with E-state index in [1.165, 1.54) is 31.3 Å². The first-order valence-electron chi connectivity index (χ1n) is 12.3.